The first-order chi connectivity index (χ1) is 10.8. The van der Waals surface area contributed by atoms with E-state index in [4.69, 9.17) is 0 Å². The summed E-state index contributed by atoms with van der Waals surface area (Å²) in [6.07, 6.45) is -1.83. The van der Waals surface area contributed by atoms with E-state index in [1.165, 1.54) is 4.90 Å². The predicted molar refractivity (Wildman–Crippen MR) is 76.8 cm³/mol. The quantitative estimate of drug-likeness (QED) is 0.853. The highest BCUT2D eigenvalue weighted by molar-refractivity contribution is 7.11. The number of alkyl halides is 3. The molecule has 9 heteroatoms. The molecule has 1 aromatic heterocycles. The molecule has 2 fully saturated rings. The van der Waals surface area contributed by atoms with Gasteiger partial charge in [-0.05, 0) is 18.9 Å². The second kappa shape index (κ2) is 5.33. The molecule has 1 saturated heterocycles. The Hall–Kier alpha value is -1.90. The topological polar surface area (TPSA) is 62.3 Å². The molecule has 1 aromatic rings. The van der Waals surface area contributed by atoms with Crippen LogP contribution in [0.25, 0.3) is 0 Å². The molecule has 1 unspecified atom stereocenters. The number of carbonyl (C=O) groups is 2. The van der Waals surface area contributed by atoms with Crippen molar-refractivity contribution in [2.24, 2.45) is 5.41 Å². The van der Waals surface area contributed by atoms with Crippen molar-refractivity contribution in [2.75, 3.05) is 13.1 Å². The molecule has 124 valence electrons. The van der Waals surface area contributed by atoms with Crippen LogP contribution in [-0.4, -0.2) is 40.8 Å². The highest BCUT2D eigenvalue weighted by Crippen LogP contribution is 2.53. The maximum absolute atomic E-state index is 12.9. The lowest BCUT2D eigenvalue weighted by Gasteiger charge is -2.17. The predicted octanol–water partition coefficient (Wildman–Crippen LogP) is 2.07. The summed E-state index contributed by atoms with van der Waals surface area (Å²) in [4.78, 5) is 28.2. The van der Waals surface area contributed by atoms with E-state index in [0.717, 1.165) is 24.4 Å². The molecule has 3 rings (SSSR count). The summed E-state index contributed by atoms with van der Waals surface area (Å²) < 4.78 is 38.7. The van der Waals surface area contributed by atoms with Crippen LogP contribution < -0.4 is 5.32 Å². The van der Waals surface area contributed by atoms with Crippen LogP contribution in [-0.2, 0) is 11.0 Å². The fraction of sp³-hybridized carbons (Fsp3) is 0.500. The molecule has 2 amide bonds. The molecule has 2 aliphatic rings. The summed E-state index contributed by atoms with van der Waals surface area (Å²) in [6, 6.07) is -0.251. The van der Waals surface area contributed by atoms with Gasteiger partial charge in [0, 0.05) is 18.5 Å². The summed E-state index contributed by atoms with van der Waals surface area (Å²) in [6.45, 7) is 3.93. The van der Waals surface area contributed by atoms with E-state index in [9.17, 15) is 22.8 Å². The Balaban J connectivity index is 1.79. The average Bonchev–Trinajstić information content (AvgIpc) is 2.95. The van der Waals surface area contributed by atoms with Crippen LogP contribution in [0.3, 0.4) is 0 Å². The highest BCUT2D eigenvalue weighted by atomic mass is 32.1. The van der Waals surface area contributed by atoms with E-state index in [1.54, 1.807) is 0 Å². The van der Waals surface area contributed by atoms with E-state index in [-0.39, 0.29) is 23.9 Å². The Morgan fingerprint density at radius 1 is 1.48 bits per heavy atom. The van der Waals surface area contributed by atoms with E-state index >= 15 is 0 Å². The van der Waals surface area contributed by atoms with Crippen molar-refractivity contribution in [2.45, 2.75) is 25.1 Å². The first kappa shape index (κ1) is 16.0. The molecule has 5 nitrogen and oxygen atoms in total. The van der Waals surface area contributed by atoms with Crippen LogP contribution >= 0.6 is 11.3 Å². The number of carbonyl (C=O) groups excluding carboxylic acids is 2. The standard InChI is InChI=1S/C14H14F3N3O2S/c1-2-9(21)19-8-5-20(6-13(8)3-4-13)12(22)10-11(14(15,16)17)18-7-23-10/h2,7-8H,1,3-6H2,(H,19,21). The van der Waals surface area contributed by atoms with Crippen LogP contribution in [0.2, 0.25) is 0 Å². The maximum Gasteiger partial charge on any atom is 0.434 e. The lowest BCUT2D eigenvalue weighted by Crippen LogP contribution is -2.41. The van der Waals surface area contributed by atoms with Crippen molar-refractivity contribution in [3.8, 4) is 0 Å². The molecule has 1 saturated carbocycles. The molecule has 0 radical (unpaired) electrons. The molecule has 0 aromatic carbocycles. The van der Waals surface area contributed by atoms with Gasteiger partial charge in [-0.2, -0.15) is 13.2 Å². The molecule has 23 heavy (non-hydrogen) atoms. The summed E-state index contributed by atoms with van der Waals surface area (Å²) in [5.74, 6) is -1.02. The van der Waals surface area contributed by atoms with Gasteiger partial charge in [-0.1, -0.05) is 6.58 Å². The van der Waals surface area contributed by atoms with Gasteiger partial charge < -0.3 is 10.2 Å². The van der Waals surface area contributed by atoms with Crippen molar-refractivity contribution in [3.63, 3.8) is 0 Å². The zero-order chi connectivity index (χ0) is 16.8. The van der Waals surface area contributed by atoms with Crippen molar-refractivity contribution in [1.82, 2.24) is 15.2 Å². The second-order valence-electron chi connectivity index (χ2n) is 5.84. The Kier molecular flexibility index (Phi) is 3.70. The van der Waals surface area contributed by atoms with Crippen LogP contribution in [0.4, 0.5) is 13.2 Å². The van der Waals surface area contributed by atoms with Crippen molar-refractivity contribution < 1.29 is 22.8 Å². The zero-order valence-corrected chi connectivity index (χ0v) is 12.8. The van der Waals surface area contributed by atoms with Crippen molar-refractivity contribution >= 4 is 23.2 Å². The smallest absolute Gasteiger partial charge is 0.347 e. The number of likely N-dealkylation sites (tertiary alicyclic amines) is 1. The number of rotatable bonds is 3. The number of aromatic nitrogens is 1. The Morgan fingerprint density at radius 3 is 2.74 bits per heavy atom. The van der Waals surface area contributed by atoms with Gasteiger partial charge in [-0.3, -0.25) is 9.59 Å². The minimum atomic E-state index is -4.65. The molecule has 0 bridgehead atoms. The number of hydrogen-bond donors (Lipinski definition) is 1. The Morgan fingerprint density at radius 2 is 2.17 bits per heavy atom. The van der Waals surface area contributed by atoms with E-state index in [2.05, 4.69) is 16.9 Å². The first-order valence-electron chi connectivity index (χ1n) is 7.00. The number of thiazole rings is 1. The van der Waals surface area contributed by atoms with Crippen LogP contribution in [0, 0.1) is 5.41 Å². The Bertz CT molecular complexity index is 666. The van der Waals surface area contributed by atoms with E-state index < -0.39 is 22.7 Å². The van der Waals surface area contributed by atoms with Crippen molar-refractivity contribution in [1.29, 1.82) is 0 Å². The number of nitrogens with one attached hydrogen (secondary N) is 1. The Labute approximate surface area is 134 Å². The normalized spacial score (nSPS) is 22.2. The molecule has 1 N–H and O–H groups in total. The number of nitrogens with zero attached hydrogens (tertiary/aromatic N) is 2. The van der Waals surface area contributed by atoms with Gasteiger partial charge in [-0.15, -0.1) is 11.3 Å². The molecule has 1 atom stereocenters. The van der Waals surface area contributed by atoms with Gasteiger partial charge >= 0.3 is 6.18 Å². The van der Waals surface area contributed by atoms with Gasteiger partial charge in [-0.25, -0.2) is 4.98 Å². The molecule has 2 heterocycles. The number of hydrogen-bond acceptors (Lipinski definition) is 4. The summed E-state index contributed by atoms with van der Waals surface area (Å²) in [7, 11) is 0. The second-order valence-corrected chi connectivity index (χ2v) is 6.70. The van der Waals surface area contributed by atoms with Crippen molar-refractivity contribution in [3.05, 3.63) is 28.7 Å². The van der Waals surface area contributed by atoms with Gasteiger partial charge in [0.1, 0.15) is 4.88 Å². The first-order valence-corrected chi connectivity index (χ1v) is 7.88. The molecular weight excluding hydrogens is 331 g/mol. The van der Waals surface area contributed by atoms with Gasteiger partial charge in [0.25, 0.3) is 5.91 Å². The molecule has 1 aliphatic carbocycles. The fourth-order valence-electron chi connectivity index (χ4n) is 2.96. The zero-order valence-electron chi connectivity index (χ0n) is 12.0. The lowest BCUT2D eigenvalue weighted by atomic mass is 10.0. The maximum atomic E-state index is 12.9. The third kappa shape index (κ3) is 2.85. The average molecular weight is 345 g/mol. The summed E-state index contributed by atoms with van der Waals surface area (Å²) >= 11 is 0.686. The largest absolute Gasteiger partial charge is 0.434 e. The minimum Gasteiger partial charge on any atom is -0.347 e. The minimum absolute atomic E-state index is 0.202. The number of amides is 2. The van der Waals surface area contributed by atoms with Crippen LogP contribution in [0.1, 0.15) is 28.2 Å². The third-order valence-corrected chi connectivity index (χ3v) is 5.17. The van der Waals surface area contributed by atoms with Gasteiger partial charge in [0.15, 0.2) is 5.69 Å². The fourth-order valence-corrected chi connectivity index (χ4v) is 3.74. The summed E-state index contributed by atoms with van der Waals surface area (Å²) in [5.41, 5.74) is -0.330. The highest BCUT2D eigenvalue weighted by Gasteiger charge is 2.57. The molecule has 1 aliphatic heterocycles. The summed E-state index contributed by atoms with van der Waals surface area (Å²) in [5, 5.41) is 2.77. The van der Waals surface area contributed by atoms with Crippen LogP contribution in [0.15, 0.2) is 18.2 Å². The van der Waals surface area contributed by atoms with Crippen LogP contribution in [0.5, 0.6) is 0 Å². The van der Waals surface area contributed by atoms with Gasteiger partial charge in [0.05, 0.1) is 11.6 Å². The third-order valence-electron chi connectivity index (χ3n) is 4.36. The SMILES string of the molecule is C=CC(=O)NC1CN(C(=O)c2scnc2C(F)(F)F)CC12CC2. The molecular formula is C14H14F3N3O2S. The molecule has 1 spiro atoms. The van der Waals surface area contributed by atoms with E-state index in [1.807, 2.05) is 0 Å². The van der Waals surface area contributed by atoms with E-state index in [0.29, 0.717) is 17.9 Å². The monoisotopic (exact) mass is 345 g/mol. The lowest BCUT2D eigenvalue weighted by molar-refractivity contribution is -0.141. The number of halogens is 3. The van der Waals surface area contributed by atoms with Gasteiger partial charge in [0.2, 0.25) is 5.91 Å².